The third-order valence-electron chi connectivity index (χ3n) is 3.49. The molecular formula is C17H20BrNO2. The normalized spacial score (nSPS) is 12.0. The van der Waals surface area contributed by atoms with Crippen molar-refractivity contribution in [2.75, 3.05) is 14.2 Å². The van der Waals surface area contributed by atoms with Crippen molar-refractivity contribution in [2.45, 2.75) is 18.9 Å². The molecule has 0 bridgehead atoms. The van der Waals surface area contributed by atoms with Crippen LogP contribution in [0.1, 0.15) is 23.6 Å². The SMILES string of the molecule is COc1ccc(CCC(N)c2cc(Br)ccc2OC)cc1. The first-order chi connectivity index (χ1) is 10.1. The second kappa shape index (κ2) is 7.48. The quantitative estimate of drug-likeness (QED) is 0.853. The molecule has 4 heteroatoms. The summed E-state index contributed by atoms with van der Waals surface area (Å²) in [5.74, 6) is 1.71. The Balaban J connectivity index is 2.03. The first-order valence-corrected chi connectivity index (χ1v) is 7.65. The Kier molecular flexibility index (Phi) is 5.65. The van der Waals surface area contributed by atoms with Crippen molar-refractivity contribution in [2.24, 2.45) is 5.73 Å². The largest absolute Gasteiger partial charge is 0.497 e. The van der Waals surface area contributed by atoms with Crippen LogP contribution in [0.5, 0.6) is 11.5 Å². The van der Waals surface area contributed by atoms with Crippen LogP contribution in [0.2, 0.25) is 0 Å². The lowest BCUT2D eigenvalue weighted by atomic mass is 9.99. The monoisotopic (exact) mass is 349 g/mol. The maximum Gasteiger partial charge on any atom is 0.123 e. The number of aryl methyl sites for hydroxylation is 1. The van der Waals surface area contributed by atoms with E-state index < -0.39 is 0 Å². The Hall–Kier alpha value is -1.52. The average Bonchev–Trinajstić information content (AvgIpc) is 2.53. The molecular weight excluding hydrogens is 330 g/mol. The molecule has 0 aliphatic rings. The summed E-state index contributed by atoms with van der Waals surface area (Å²) in [6.07, 6.45) is 1.78. The van der Waals surface area contributed by atoms with E-state index in [2.05, 4.69) is 28.1 Å². The number of nitrogens with two attached hydrogens (primary N) is 1. The highest BCUT2D eigenvalue weighted by Crippen LogP contribution is 2.29. The van der Waals surface area contributed by atoms with Crippen LogP contribution in [0, 0.1) is 0 Å². The number of benzene rings is 2. The van der Waals surface area contributed by atoms with Gasteiger partial charge in [-0.05, 0) is 48.7 Å². The van der Waals surface area contributed by atoms with Crippen LogP contribution in [-0.4, -0.2) is 14.2 Å². The summed E-state index contributed by atoms with van der Waals surface area (Å²) in [7, 11) is 3.34. The van der Waals surface area contributed by atoms with Gasteiger partial charge in [0, 0.05) is 16.1 Å². The van der Waals surface area contributed by atoms with Gasteiger partial charge in [0.2, 0.25) is 0 Å². The van der Waals surface area contributed by atoms with Gasteiger partial charge in [-0.15, -0.1) is 0 Å². The third kappa shape index (κ3) is 4.22. The second-order valence-corrected chi connectivity index (χ2v) is 5.80. The van der Waals surface area contributed by atoms with E-state index in [0.29, 0.717) is 0 Å². The van der Waals surface area contributed by atoms with Gasteiger partial charge in [0.15, 0.2) is 0 Å². The van der Waals surface area contributed by atoms with Crippen LogP contribution in [0.15, 0.2) is 46.9 Å². The molecule has 1 atom stereocenters. The minimum absolute atomic E-state index is 0.0560. The Labute approximate surface area is 134 Å². The number of hydrogen-bond acceptors (Lipinski definition) is 3. The lowest BCUT2D eigenvalue weighted by Gasteiger charge is -2.16. The fourth-order valence-electron chi connectivity index (χ4n) is 2.26. The number of hydrogen-bond donors (Lipinski definition) is 1. The van der Waals surface area contributed by atoms with Gasteiger partial charge >= 0.3 is 0 Å². The summed E-state index contributed by atoms with van der Waals surface area (Å²) in [5.41, 5.74) is 8.60. The summed E-state index contributed by atoms with van der Waals surface area (Å²) < 4.78 is 11.6. The van der Waals surface area contributed by atoms with Crippen LogP contribution in [0.4, 0.5) is 0 Å². The topological polar surface area (TPSA) is 44.5 Å². The molecule has 2 aromatic carbocycles. The van der Waals surface area contributed by atoms with Crippen LogP contribution in [0.25, 0.3) is 0 Å². The molecule has 0 aliphatic heterocycles. The minimum atomic E-state index is -0.0560. The highest BCUT2D eigenvalue weighted by atomic mass is 79.9. The van der Waals surface area contributed by atoms with Gasteiger partial charge in [-0.3, -0.25) is 0 Å². The molecule has 0 saturated carbocycles. The van der Waals surface area contributed by atoms with Gasteiger partial charge < -0.3 is 15.2 Å². The molecule has 2 rings (SSSR count). The molecule has 2 N–H and O–H groups in total. The minimum Gasteiger partial charge on any atom is -0.497 e. The molecule has 0 radical (unpaired) electrons. The summed E-state index contributed by atoms with van der Waals surface area (Å²) in [6, 6.07) is 14.0. The standard InChI is InChI=1S/C17H20BrNO2/c1-20-14-7-3-12(4-8-14)5-9-16(19)15-11-13(18)6-10-17(15)21-2/h3-4,6-8,10-11,16H,5,9,19H2,1-2H3. The van der Waals surface area contributed by atoms with Crippen LogP contribution in [0.3, 0.4) is 0 Å². The zero-order valence-electron chi connectivity index (χ0n) is 12.3. The maximum absolute atomic E-state index is 6.32. The van der Waals surface area contributed by atoms with Crippen LogP contribution in [-0.2, 0) is 6.42 Å². The number of rotatable bonds is 6. The van der Waals surface area contributed by atoms with Crippen molar-refractivity contribution >= 4 is 15.9 Å². The molecule has 0 aromatic heterocycles. The molecule has 0 amide bonds. The van der Waals surface area contributed by atoms with Crippen molar-refractivity contribution in [3.8, 4) is 11.5 Å². The average molecular weight is 350 g/mol. The highest BCUT2D eigenvalue weighted by molar-refractivity contribution is 9.10. The molecule has 0 saturated heterocycles. The predicted octanol–water partition coefficient (Wildman–Crippen LogP) is 4.10. The van der Waals surface area contributed by atoms with Crippen LogP contribution >= 0.6 is 15.9 Å². The molecule has 112 valence electrons. The van der Waals surface area contributed by atoms with Crippen molar-refractivity contribution in [1.29, 1.82) is 0 Å². The second-order valence-electron chi connectivity index (χ2n) is 4.88. The molecule has 0 heterocycles. The number of ether oxygens (including phenoxy) is 2. The van der Waals surface area contributed by atoms with Gasteiger partial charge in [-0.2, -0.15) is 0 Å². The van der Waals surface area contributed by atoms with Crippen LogP contribution < -0.4 is 15.2 Å². The molecule has 1 unspecified atom stereocenters. The van der Waals surface area contributed by atoms with Crippen molar-refractivity contribution in [1.82, 2.24) is 0 Å². The molecule has 0 spiro atoms. The van der Waals surface area contributed by atoms with E-state index in [4.69, 9.17) is 15.2 Å². The Morgan fingerprint density at radius 2 is 1.76 bits per heavy atom. The van der Waals surface area contributed by atoms with Crippen molar-refractivity contribution in [3.05, 3.63) is 58.1 Å². The van der Waals surface area contributed by atoms with Gasteiger partial charge in [-0.25, -0.2) is 0 Å². The number of halogens is 1. The zero-order valence-corrected chi connectivity index (χ0v) is 13.9. The van der Waals surface area contributed by atoms with E-state index in [9.17, 15) is 0 Å². The molecule has 2 aromatic rings. The lowest BCUT2D eigenvalue weighted by molar-refractivity contribution is 0.404. The lowest BCUT2D eigenvalue weighted by Crippen LogP contribution is -2.12. The van der Waals surface area contributed by atoms with E-state index in [-0.39, 0.29) is 6.04 Å². The van der Waals surface area contributed by atoms with E-state index in [1.54, 1.807) is 14.2 Å². The summed E-state index contributed by atoms with van der Waals surface area (Å²) in [6.45, 7) is 0. The van der Waals surface area contributed by atoms with Gasteiger partial charge in [0.25, 0.3) is 0 Å². The summed E-state index contributed by atoms with van der Waals surface area (Å²) >= 11 is 3.48. The first kappa shape index (κ1) is 15.9. The number of methoxy groups -OCH3 is 2. The third-order valence-corrected chi connectivity index (χ3v) is 3.99. The van der Waals surface area contributed by atoms with Gasteiger partial charge in [0.1, 0.15) is 11.5 Å². The van der Waals surface area contributed by atoms with Gasteiger partial charge in [-0.1, -0.05) is 28.1 Å². The zero-order chi connectivity index (χ0) is 15.2. The molecule has 0 aliphatic carbocycles. The Morgan fingerprint density at radius 1 is 1.05 bits per heavy atom. The van der Waals surface area contributed by atoms with Crippen molar-refractivity contribution in [3.63, 3.8) is 0 Å². The Bertz CT molecular complexity index is 584. The van der Waals surface area contributed by atoms with E-state index in [0.717, 1.165) is 34.4 Å². The smallest absolute Gasteiger partial charge is 0.123 e. The van der Waals surface area contributed by atoms with E-state index in [1.807, 2.05) is 30.3 Å². The highest BCUT2D eigenvalue weighted by Gasteiger charge is 2.12. The Morgan fingerprint density at radius 3 is 2.38 bits per heavy atom. The van der Waals surface area contributed by atoms with Crippen molar-refractivity contribution < 1.29 is 9.47 Å². The predicted molar refractivity (Wildman–Crippen MR) is 88.9 cm³/mol. The fourth-order valence-corrected chi connectivity index (χ4v) is 2.64. The fraction of sp³-hybridized carbons (Fsp3) is 0.294. The maximum atomic E-state index is 6.32. The molecule has 0 fully saturated rings. The summed E-state index contributed by atoms with van der Waals surface area (Å²) in [4.78, 5) is 0. The van der Waals surface area contributed by atoms with Gasteiger partial charge in [0.05, 0.1) is 14.2 Å². The van der Waals surface area contributed by atoms with E-state index in [1.165, 1.54) is 5.56 Å². The van der Waals surface area contributed by atoms with E-state index >= 15 is 0 Å². The molecule has 3 nitrogen and oxygen atoms in total. The summed E-state index contributed by atoms with van der Waals surface area (Å²) in [5, 5.41) is 0. The first-order valence-electron chi connectivity index (χ1n) is 6.86. The molecule has 21 heavy (non-hydrogen) atoms.